The zero-order valence-electron chi connectivity index (χ0n) is 11.9. The van der Waals surface area contributed by atoms with E-state index in [2.05, 4.69) is 20.7 Å². The SMILES string of the molecule is Cc1cc(Br)cc(NS(=O)(=O)c2ccc(C)c(CN)c2)c1. The molecule has 0 saturated heterocycles. The lowest BCUT2D eigenvalue weighted by molar-refractivity contribution is 0.601. The summed E-state index contributed by atoms with van der Waals surface area (Å²) in [6, 6.07) is 10.4. The molecule has 0 aromatic heterocycles. The summed E-state index contributed by atoms with van der Waals surface area (Å²) >= 11 is 3.36. The molecule has 0 spiro atoms. The average Bonchev–Trinajstić information content (AvgIpc) is 2.37. The van der Waals surface area contributed by atoms with Crippen LogP contribution in [0.3, 0.4) is 0 Å². The van der Waals surface area contributed by atoms with Gasteiger partial charge < -0.3 is 5.73 Å². The molecule has 3 N–H and O–H groups in total. The summed E-state index contributed by atoms with van der Waals surface area (Å²) in [4.78, 5) is 0.214. The highest BCUT2D eigenvalue weighted by Gasteiger charge is 2.15. The number of hydrogen-bond donors (Lipinski definition) is 2. The summed E-state index contributed by atoms with van der Waals surface area (Å²) in [5.41, 5.74) is 8.93. The zero-order chi connectivity index (χ0) is 15.6. The van der Waals surface area contributed by atoms with E-state index in [0.29, 0.717) is 12.2 Å². The van der Waals surface area contributed by atoms with Crippen LogP contribution in [0.4, 0.5) is 5.69 Å². The topological polar surface area (TPSA) is 72.2 Å². The monoisotopic (exact) mass is 368 g/mol. The first-order valence-corrected chi connectivity index (χ1v) is 8.69. The summed E-state index contributed by atoms with van der Waals surface area (Å²) in [6.45, 7) is 4.12. The van der Waals surface area contributed by atoms with E-state index in [1.807, 2.05) is 19.9 Å². The molecule has 0 radical (unpaired) electrons. The predicted octanol–water partition coefficient (Wildman–Crippen LogP) is 3.33. The Morgan fingerprint density at radius 2 is 1.86 bits per heavy atom. The van der Waals surface area contributed by atoms with Gasteiger partial charge in [-0.05, 0) is 60.9 Å². The fourth-order valence-electron chi connectivity index (χ4n) is 2.04. The van der Waals surface area contributed by atoms with Gasteiger partial charge in [0.2, 0.25) is 0 Å². The Labute approximate surface area is 133 Å². The first-order chi connectivity index (χ1) is 9.81. The molecule has 0 unspecified atom stereocenters. The molecule has 6 heteroatoms. The Balaban J connectivity index is 2.38. The number of nitrogens with two attached hydrogens (primary N) is 1. The number of nitrogens with one attached hydrogen (secondary N) is 1. The van der Waals surface area contributed by atoms with Crippen LogP contribution in [0.25, 0.3) is 0 Å². The summed E-state index contributed by atoms with van der Waals surface area (Å²) < 4.78 is 28.3. The van der Waals surface area contributed by atoms with Crippen molar-refractivity contribution in [3.05, 3.63) is 57.6 Å². The standard InChI is InChI=1S/C15H17BrN2O2S/c1-10-5-13(16)8-14(6-10)18-21(19,20)15-4-3-11(2)12(7-15)9-17/h3-8,18H,9,17H2,1-2H3. The van der Waals surface area contributed by atoms with E-state index in [9.17, 15) is 8.42 Å². The van der Waals surface area contributed by atoms with E-state index in [-0.39, 0.29) is 4.90 Å². The molecule has 2 rings (SSSR count). The van der Waals surface area contributed by atoms with Gasteiger partial charge >= 0.3 is 0 Å². The highest BCUT2D eigenvalue weighted by atomic mass is 79.9. The van der Waals surface area contributed by atoms with Gasteiger partial charge in [0.05, 0.1) is 10.6 Å². The van der Waals surface area contributed by atoms with E-state index < -0.39 is 10.0 Å². The van der Waals surface area contributed by atoms with E-state index in [1.54, 1.807) is 30.3 Å². The Kier molecular flexibility index (Phi) is 4.70. The smallest absolute Gasteiger partial charge is 0.261 e. The van der Waals surface area contributed by atoms with Crippen LogP contribution in [0, 0.1) is 13.8 Å². The molecule has 2 aromatic rings. The van der Waals surface area contributed by atoms with Crippen LogP contribution >= 0.6 is 15.9 Å². The maximum Gasteiger partial charge on any atom is 0.261 e. The molecule has 2 aromatic carbocycles. The average molecular weight is 369 g/mol. The maximum atomic E-state index is 12.4. The van der Waals surface area contributed by atoms with E-state index >= 15 is 0 Å². The second-order valence-electron chi connectivity index (χ2n) is 4.92. The van der Waals surface area contributed by atoms with E-state index in [0.717, 1.165) is 21.2 Å². The molecule has 21 heavy (non-hydrogen) atoms. The molecule has 0 aliphatic rings. The molecular formula is C15H17BrN2O2S. The number of hydrogen-bond acceptors (Lipinski definition) is 3. The highest BCUT2D eigenvalue weighted by Crippen LogP contribution is 2.23. The number of benzene rings is 2. The quantitative estimate of drug-likeness (QED) is 0.869. The molecule has 0 saturated carbocycles. The van der Waals surface area contributed by atoms with Crippen LogP contribution < -0.4 is 10.5 Å². The summed E-state index contributed by atoms with van der Waals surface area (Å²) in [7, 11) is -3.62. The fraction of sp³-hybridized carbons (Fsp3) is 0.200. The van der Waals surface area contributed by atoms with Crippen molar-refractivity contribution >= 4 is 31.6 Å². The first kappa shape index (κ1) is 16.0. The van der Waals surface area contributed by atoms with Gasteiger partial charge in [0.1, 0.15) is 0 Å². The highest BCUT2D eigenvalue weighted by molar-refractivity contribution is 9.10. The number of aryl methyl sites for hydroxylation is 2. The third-order valence-corrected chi connectivity index (χ3v) is 4.98. The second-order valence-corrected chi connectivity index (χ2v) is 7.51. The molecule has 4 nitrogen and oxygen atoms in total. The van der Waals surface area contributed by atoms with Gasteiger partial charge in [0, 0.05) is 11.0 Å². The van der Waals surface area contributed by atoms with Crippen molar-refractivity contribution in [3.63, 3.8) is 0 Å². The number of rotatable bonds is 4. The van der Waals surface area contributed by atoms with Crippen molar-refractivity contribution in [3.8, 4) is 0 Å². The summed E-state index contributed by atoms with van der Waals surface area (Å²) in [6.07, 6.45) is 0. The first-order valence-electron chi connectivity index (χ1n) is 6.41. The van der Waals surface area contributed by atoms with Crippen molar-refractivity contribution in [1.82, 2.24) is 0 Å². The number of anilines is 1. The molecule has 0 atom stereocenters. The zero-order valence-corrected chi connectivity index (χ0v) is 14.3. The molecule has 0 aliphatic heterocycles. The maximum absolute atomic E-state index is 12.4. The third kappa shape index (κ3) is 3.84. The van der Waals surface area contributed by atoms with E-state index in [4.69, 9.17) is 5.73 Å². The normalized spacial score (nSPS) is 11.4. The molecule has 0 heterocycles. The molecule has 0 fully saturated rings. The predicted molar refractivity (Wildman–Crippen MR) is 88.8 cm³/mol. The van der Waals surface area contributed by atoms with Gasteiger partial charge in [-0.1, -0.05) is 22.0 Å². The minimum atomic E-state index is -3.62. The van der Waals surface area contributed by atoms with Crippen molar-refractivity contribution in [1.29, 1.82) is 0 Å². The molecule has 112 valence electrons. The fourth-order valence-corrected chi connectivity index (χ4v) is 3.74. The van der Waals surface area contributed by atoms with Gasteiger partial charge in [-0.3, -0.25) is 4.72 Å². The third-order valence-electron chi connectivity index (χ3n) is 3.15. The number of sulfonamides is 1. The Hall–Kier alpha value is -1.37. The van der Waals surface area contributed by atoms with E-state index in [1.165, 1.54) is 0 Å². The van der Waals surface area contributed by atoms with Gasteiger partial charge in [-0.15, -0.1) is 0 Å². The van der Waals surface area contributed by atoms with Gasteiger partial charge in [-0.2, -0.15) is 0 Å². The lowest BCUT2D eigenvalue weighted by Crippen LogP contribution is -2.14. The van der Waals surface area contributed by atoms with Crippen molar-refractivity contribution in [2.24, 2.45) is 5.73 Å². The van der Waals surface area contributed by atoms with Gasteiger partial charge in [0.25, 0.3) is 10.0 Å². The lowest BCUT2D eigenvalue weighted by atomic mass is 10.1. The summed E-state index contributed by atoms with van der Waals surface area (Å²) in [5, 5.41) is 0. The van der Waals surface area contributed by atoms with Crippen molar-refractivity contribution < 1.29 is 8.42 Å². The lowest BCUT2D eigenvalue weighted by Gasteiger charge is -2.11. The largest absolute Gasteiger partial charge is 0.326 e. The van der Waals surface area contributed by atoms with Crippen LogP contribution in [0.1, 0.15) is 16.7 Å². The Morgan fingerprint density at radius 3 is 2.48 bits per heavy atom. The van der Waals surface area contributed by atoms with Crippen LogP contribution in [-0.2, 0) is 16.6 Å². The van der Waals surface area contributed by atoms with Crippen LogP contribution in [-0.4, -0.2) is 8.42 Å². The number of halogens is 1. The van der Waals surface area contributed by atoms with Crippen LogP contribution in [0.15, 0.2) is 45.8 Å². The molecular weight excluding hydrogens is 352 g/mol. The Morgan fingerprint density at radius 1 is 1.14 bits per heavy atom. The van der Waals surface area contributed by atoms with Gasteiger partial charge in [-0.25, -0.2) is 8.42 Å². The molecule has 0 amide bonds. The Bertz CT molecular complexity index is 753. The van der Waals surface area contributed by atoms with Crippen molar-refractivity contribution in [2.75, 3.05) is 4.72 Å². The van der Waals surface area contributed by atoms with Crippen LogP contribution in [0.5, 0.6) is 0 Å². The summed E-state index contributed by atoms with van der Waals surface area (Å²) in [5.74, 6) is 0. The molecule has 0 bridgehead atoms. The van der Waals surface area contributed by atoms with Crippen molar-refractivity contribution in [2.45, 2.75) is 25.3 Å². The minimum Gasteiger partial charge on any atom is -0.326 e. The van der Waals surface area contributed by atoms with Crippen LogP contribution in [0.2, 0.25) is 0 Å². The minimum absolute atomic E-state index is 0.214. The van der Waals surface area contributed by atoms with Gasteiger partial charge in [0.15, 0.2) is 0 Å². The molecule has 0 aliphatic carbocycles. The second kappa shape index (κ2) is 6.17.